The van der Waals surface area contributed by atoms with E-state index >= 15 is 0 Å². The van der Waals surface area contributed by atoms with Crippen molar-refractivity contribution in [2.45, 2.75) is 76.9 Å². The molecule has 4 N–H and O–H groups in total. The molecule has 3 atom stereocenters. The molecular formula is C33H44ClN7O4S2. The third kappa shape index (κ3) is 10.3. The molecule has 0 aliphatic carbocycles. The lowest BCUT2D eigenvalue weighted by molar-refractivity contribution is -0.133. The molecule has 0 saturated carbocycles. The number of nitrogens with one attached hydrogen (secondary N) is 4. The Balaban J connectivity index is 0.00000500. The number of nitrogens with zero attached hydrogens (tertiary/aromatic N) is 3. The number of amides is 4. The van der Waals surface area contributed by atoms with E-state index in [1.807, 2.05) is 35.2 Å². The summed E-state index contributed by atoms with van der Waals surface area (Å²) < 4.78 is 0. The maximum atomic E-state index is 13.5. The number of fused-ring (bicyclic) bond motifs is 4. The molecule has 2 aliphatic rings. The Hall–Kier alpha value is -3.39. The van der Waals surface area contributed by atoms with Crippen molar-refractivity contribution in [3.8, 4) is 0 Å². The molecule has 11 nitrogen and oxygen atoms in total. The molecule has 1 aromatic carbocycles. The highest BCUT2D eigenvalue weighted by molar-refractivity contribution is 7.10. The van der Waals surface area contributed by atoms with E-state index in [4.69, 9.17) is 0 Å². The predicted molar refractivity (Wildman–Crippen MR) is 186 cm³/mol. The number of hydrogen-bond acceptors (Lipinski definition) is 9. The van der Waals surface area contributed by atoms with E-state index in [2.05, 4.69) is 45.1 Å². The molecule has 4 amide bonds. The monoisotopic (exact) mass is 701 g/mol. The number of rotatable bonds is 5. The number of carbonyl (C=O) groups excluding carboxylic acids is 4. The van der Waals surface area contributed by atoms with Crippen LogP contribution >= 0.6 is 35.1 Å². The van der Waals surface area contributed by atoms with E-state index in [1.54, 1.807) is 10.8 Å². The van der Waals surface area contributed by atoms with Crippen LogP contribution in [-0.4, -0.2) is 70.7 Å². The minimum atomic E-state index is -0.476. The first kappa shape index (κ1) is 36.4. The highest BCUT2D eigenvalue weighted by Gasteiger charge is 2.28. The molecule has 47 heavy (non-hydrogen) atoms. The zero-order chi connectivity index (χ0) is 32.5. The number of hydrogen-bond donors (Lipinski definition) is 4. The topological polar surface area (TPSA) is 145 Å². The van der Waals surface area contributed by atoms with Crippen molar-refractivity contribution in [2.24, 2.45) is 5.92 Å². The lowest BCUT2D eigenvalue weighted by Crippen LogP contribution is -2.45. The van der Waals surface area contributed by atoms with Gasteiger partial charge in [-0.3, -0.25) is 19.2 Å². The average Bonchev–Trinajstić information content (AvgIpc) is 3.83. The largest absolute Gasteiger partial charge is 0.351 e. The van der Waals surface area contributed by atoms with E-state index in [9.17, 15) is 19.2 Å². The lowest BCUT2D eigenvalue weighted by Gasteiger charge is -2.26. The molecule has 1 fully saturated rings. The molecule has 0 radical (unpaired) electrons. The first-order valence-electron chi connectivity index (χ1n) is 16.1. The van der Waals surface area contributed by atoms with Gasteiger partial charge in [-0.15, -0.1) is 35.1 Å². The summed E-state index contributed by atoms with van der Waals surface area (Å²) in [5.74, 6) is -0.420. The van der Waals surface area contributed by atoms with E-state index < -0.39 is 6.04 Å². The molecule has 4 bridgehead atoms. The summed E-state index contributed by atoms with van der Waals surface area (Å²) in [6, 6.07) is 8.80. The Labute approximate surface area is 290 Å². The first-order chi connectivity index (χ1) is 22.3. The molecule has 0 spiro atoms. The molecule has 14 heteroatoms. The third-order valence-electron chi connectivity index (χ3n) is 8.13. The van der Waals surface area contributed by atoms with Gasteiger partial charge in [0.25, 0.3) is 11.8 Å². The van der Waals surface area contributed by atoms with Crippen LogP contribution < -0.4 is 21.3 Å². The van der Waals surface area contributed by atoms with Crippen LogP contribution in [0.5, 0.6) is 0 Å². The lowest BCUT2D eigenvalue weighted by atomic mass is 10.0. The molecule has 254 valence electrons. The predicted octanol–water partition coefficient (Wildman–Crippen LogP) is 4.43. The van der Waals surface area contributed by atoms with Crippen LogP contribution in [0.25, 0.3) is 0 Å². The summed E-state index contributed by atoms with van der Waals surface area (Å²) in [6.07, 6.45) is 4.28. The summed E-state index contributed by atoms with van der Waals surface area (Å²) >= 11 is 2.68. The highest BCUT2D eigenvalue weighted by atomic mass is 35.5. The van der Waals surface area contributed by atoms with Gasteiger partial charge in [0.2, 0.25) is 11.8 Å². The van der Waals surface area contributed by atoms with Crippen LogP contribution in [0, 0.1) is 5.92 Å². The summed E-state index contributed by atoms with van der Waals surface area (Å²) in [6.45, 7) is 6.30. The fourth-order valence-corrected chi connectivity index (χ4v) is 7.50. The zero-order valence-electron chi connectivity index (χ0n) is 26.8. The van der Waals surface area contributed by atoms with Gasteiger partial charge in [-0.2, -0.15) is 0 Å². The van der Waals surface area contributed by atoms with Gasteiger partial charge in [0.15, 0.2) is 0 Å². The van der Waals surface area contributed by atoms with Gasteiger partial charge in [-0.05, 0) is 56.6 Å². The van der Waals surface area contributed by atoms with Crippen molar-refractivity contribution in [1.82, 2.24) is 36.1 Å². The summed E-state index contributed by atoms with van der Waals surface area (Å²) in [7, 11) is 0. The molecule has 1 saturated heterocycles. The van der Waals surface area contributed by atoms with Gasteiger partial charge < -0.3 is 26.2 Å². The fraction of sp³-hybridized carbons (Fsp3) is 0.515. The molecule has 2 aliphatic heterocycles. The van der Waals surface area contributed by atoms with E-state index in [1.165, 1.54) is 22.7 Å². The number of thiazole rings is 2. The van der Waals surface area contributed by atoms with Gasteiger partial charge >= 0.3 is 0 Å². The maximum absolute atomic E-state index is 13.5. The normalized spacial score (nSPS) is 21.6. The zero-order valence-corrected chi connectivity index (χ0v) is 29.3. The summed E-state index contributed by atoms with van der Waals surface area (Å²) in [5, 5.41) is 17.2. The van der Waals surface area contributed by atoms with Gasteiger partial charge in [0, 0.05) is 36.8 Å². The van der Waals surface area contributed by atoms with E-state index in [0.717, 1.165) is 24.9 Å². The SMILES string of the molecule is CC(C)C[C@@H]1NC(=O)CCCN(C(=O)[C@@H]2CCCN2)CCCNC(=O)c2csc(n2)[C@H](Cc2ccccc2)NC(=O)c2csc1n2.Cl. The van der Waals surface area contributed by atoms with E-state index in [0.29, 0.717) is 66.9 Å². The average molecular weight is 702 g/mol. The van der Waals surface area contributed by atoms with Crippen LogP contribution in [0.15, 0.2) is 41.1 Å². The molecule has 4 heterocycles. The minimum absolute atomic E-state index is 0. The molecule has 3 aromatic rings. The van der Waals surface area contributed by atoms with Crippen molar-refractivity contribution >= 4 is 58.7 Å². The second-order valence-electron chi connectivity index (χ2n) is 12.3. The quantitative estimate of drug-likeness (QED) is 0.308. The first-order valence-corrected chi connectivity index (χ1v) is 17.9. The van der Waals surface area contributed by atoms with Crippen LogP contribution in [0.2, 0.25) is 0 Å². The second kappa shape index (κ2) is 17.7. The number of aromatic nitrogens is 2. The summed E-state index contributed by atoms with van der Waals surface area (Å²) in [5.41, 5.74) is 1.58. The molecule has 0 unspecified atom stereocenters. The maximum Gasteiger partial charge on any atom is 0.271 e. The van der Waals surface area contributed by atoms with Crippen LogP contribution in [0.3, 0.4) is 0 Å². The van der Waals surface area contributed by atoms with Gasteiger partial charge in [0.1, 0.15) is 21.4 Å². The Morgan fingerprint density at radius 2 is 1.57 bits per heavy atom. The van der Waals surface area contributed by atoms with Crippen molar-refractivity contribution in [1.29, 1.82) is 0 Å². The Bertz CT molecular complexity index is 1490. The molecule has 5 rings (SSSR count). The van der Waals surface area contributed by atoms with Gasteiger partial charge in [0.05, 0.1) is 18.1 Å². The van der Waals surface area contributed by atoms with Crippen molar-refractivity contribution in [3.63, 3.8) is 0 Å². The fourth-order valence-electron chi connectivity index (χ4n) is 5.79. The van der Waals surface area contributed by atoms with Crippen LogP contribution in [0.4, 0.5) is 0 Å². The Morgan fingerprint density at radius 3 is 2.26 bits per heavy atom. The van der Waals surface area contributed by atoms with E-state index in [-0.39, 0.29) is 60.2 Å². The van der Waals surface area contributed by atoms with Gasteiger partial charge in [-0.1, -0.05) is 44.2 Å². The van der Waals surface area contributed by atoms with Crippen molar-refractivity contribution < 1.29 is 19.2 Å². The van der Waals surface area contributed by atoms with Gasteiger partial charge in [-0.25, -0.2) is 9.97 Å². The summed E-state index contributed by atoms with van der Waals surface area (Å²) in [4.78, 5) is 64.1. The van der Waals surface area contributed by atoms with Crippen LogP contribution in [-0.2, 0) is 16.0 Å². The third-order valence-corrected chi connectivity index (χ3v) is 10.0. The molecule has 2 aromatic heterocycles. The second-order valence-corrected chi connectivity index (χ2v) is 14.1. The number of carbonyl (C=O) groups is 4. The standard InChI is InChI=1S/C33H43N7O4S2.ClH/c1-21(2)17-24-31-39-27(20-46-31)30(43)37-25(18-22-9-4-3-5-10-22)32-38-26(19-45-32)29(42)35-14-8-16-40(15-7-12-28(41)36-24)33(44)23-11-6-13-34-23;/h3-5,9-10,19-21,23-25,34H,6-8,11-18H2,1-2H3,(H,35,42)(H,36,41)(H,37,43);1H/t23-,24-,25-;/m0./s1. The number of halogens is 1. The van der Waals surface area contributed by atoms with Crippen LogP contribution in [0.1, 0.15) is 101 Å². The smallest absolute Gasteiger partial charge is 0.271 e. The molecular weight excluding hydrogens is 658 g/mol. The highest BCUT2D eigenvalue weighted by Crippen LogP contribution is 2.27. The Kier molecular flexibility index (Phi) is 13.7. The minimum Gasteiger partial charge on any atom is -0.351 e. The van der Waals surface area contributed by atoms with Crippen molar-refractivity contribution in [2.75, 3.05) is 26.2 Å². The Morgan fingerprint density at radius 1 is 0.894 bits per heavy atom. The van der Waals surface area contributed by atoms with Crippen molar-refractivity contribution in [3.05, 3.63) is 68.1 Å². The number of benzene rings is 1.